The lowest BCUT2D eigenvalue weighted by Crippen LogP contribution is -2.38. The monoisotopic (exact) mass is 388 g/mol. The molecule has 0 aliphatic heterocycles. The van der Waals surface area contributed by atoms with Crippen molar-refractivity contribution < 1.29 is 4.79 Å². The van der Waals surface area contributed by atoms with Crippen LogP contribution in [0.5, 0.6) is 0 Å². The van der Waals surface area contributed by atoms with Gasteiger partial charge < -0.3 is 5.32 Å². The molecule has 146 valence electrons. The minimum atomic E-state index is -0.173. The van der Waals surface area contributed by atoms with Crippen LogP contribution in [-0.2, 0) is 24.2 Å². The Hall–Kier alpha value is -1.76. The third kappa shape index (κ3) is 3.66. The number of carbonyl (C=O) groups excluding carboxylic acids is 1. The lowest BCUT2D eigenvalue weighted by Gasteiger charge is -2.33. The van der Waals surface area contributed by atoms with Crippen molar-refractivity contribution in [2.24, 2.45) is 11.3 Å². The van der Waals surface area contributed by atoms with E-state index in [1.54, 1.807) is 11.3 Å². The SMILES string of the molecule is CC(C)(C)C1CCc2c(sc3nnn(CC(=O)NC4CCCC4)c(=O)c23)C1. The van der Waals surface area contributed by atoms with Gasteiger partial charge in [0.25, 0.3) is 5.56 Å². The van der Waals surface area contributed by atoms with E-state index in [-0.39, 0.29) is 29.5 Å². The first kappa shape index (κ1) is 18.6. The Labute approximate surface area is 163 Å². The molecule has 0 spiro atoms. The van der Waals surface area contributed by atoms with Crippen molar-refractivity contribution in [1.82, 2.24) is 20.3 Å². The molecule has 0 saturated heterocycles. The Kier molecular flexibility index (Phi) is 4.82. The van der Waals surface area contributed by atoms with Gasteiger partial charge in [-0.1, -0.05) is 38.8 Å². The van der Waals surface area contributed by atoms with E-state index in [1.165, 1.54) is 9.56 Å². The van der Waals surface area contributed by atoms with Crippen molar-refractivity contribution in [1.29, 1.82) is 0 Å². The zero-order valence-electron chi connectivity index (χ0n) is 16.4. The van der Waals surface area contributed by atoms with Crippen molar-refractivity contribution >= 4 is 27.5 Å². The Morgan fingerprint density at radius 3 is 2.70 bits per heavy atom. The van der Waals surface area contributed by atoms with E-state index >= 15 is 0 Å². The number of carbonyl (C=O) groups is 1. The van der Waals surface area contributed by atoms with Gasteiger partial charge in [0.2, 0.25) is 5.91 Å². The van der Waals surface area contributed by atoms with E-state index in [2.05, 4.69) is 36.4 Å². The fourth-order valence-corrected chi connectivity index (χ4v) is 5.68. The highest BCUT2D eigenvalue weighted by atomic mass is 32.1. The minimum Gasteiger partial charge on any atom is -0.352 e. The molecule has 27 heavy (non-hydrogen) atoms. The average Bonchev–Trinajstić information content (AvgIpc) is 3.23. The Balaban J connectivity index is 1.59. The molecule has 2 heterocycles. The predicted molar refractivity (Wildman–Crippen MR) is 107 cm³/mol. The number of amides is 1. The molecule has 2 aliphatic carbocycles. The quantitative estimate of drug-likeness (QED) is 0.877. The number of hydrogen-bond donors (Lipinski definition) is 1. The van der Waals surface area contributed by atoms with Gasteiger partial charge in [-0.15, -0.1) is 16.4 Å². The molecule has 0 radical (unpaired) electrons. The number of nitrogens with zero attached hydrogens (tertiary/aromatic N) is 3. The Morgan fingerprint density at radius 1 is 1.26 bits per heavy atom. The molecule has 4 rings (SSSR count). The van der Waals surface area contributed by atoms with Gasteiger partial charge >= 0.3 is 0 Å². The van der Waals surface area contributed by atoms with Crippen LogP contribution in [0.4, 0.5) is 0 Å². The molecule has 0 aromatic carbocycles. The smallest absolute Gasteiger partial charge is 0.279 e. The summed E-state index contributed by atoms with van der Waals surface area (Å²) in [6.07, 6.45) is 7.37. The third-order valence-corrected chi connectivity index (χ3v) is 7.32. The van der Waals surface area contributed by atoms with Crippen LogP contribution >= 0.6 is 11.3 Å². The third-order valence-electron chi connectivity index (χ3n) is 6.18. The number of fused-ring (bicyclic) bond motifs is 3. The first-order valence-electron chi connectivity index (χ1n) is 10.0. The first-order valence-corrected chi connectivity index (χ1v) is 10.8. The van der Waals surface area contributed by atoms with Gasteiger partial charge in [-0.25, -0.2) is 4.68 Å². The highest BCUT2D eigenvalue weighted by Gasteiger charge is 2.32. The van der Waals surface area contributed by atoms with Gasteiger partial charge in [0.15, 0.2) is 4.83 Å². The highest BCUT2D eigenvalue weighted by molar-refractivity contribution is 7.18. The van der Waals surface area contributed by atoms with Crippen molar-refractivity contribution in [3.05, 3.63) is 20.8 Å². The van der Waals surface area contributed by atoms with Crippen LogP contribution in [0.15, 0.2) is 4.79 Å². The van der Waals surface area contributed by atoms with Crippen LogP contribution in [0.2, 0.25) is 0 Å². The first-order chi connectivity index (χ1) is 12.8. The molecule has 6 nitrogen and oxygen atoms in total. The number of aryl methyl sites for hydroxylation is 1. The normalized spacial score (nSPS) is 20.8. The molecule has 1 unspecified atom stereocenters. The molecule has 1 N–H and O–H groups in total. The summed E-state index contributed by atoms with van der Waals surface area (Å²) in [5.41, 5.74) is 1.23. The molecule has 1 amide bonds. The zero-order valence-corrected chi connectivity index (χ0v) is 17.2. The Morgan fingerprint density at radius 2 is 2.00 bits per heavy atom. The number of rotatable bonds is 3. The molecule has 7 heteroatoms. The number of aromatic nitrogens is 3. The van der Waals surface area contributed by atoms with Crippen LogP contribution in [0, 0.1) is 11.3 Å². The number of hydrogen-bond acceptors (Lipinski definition) is 5. The molecule has 0 bridgehead atoms. The van der Waals surface area contributed by atoms with Crippen LogP contribution in [0.3, 0.4) is 0 Å². The molecule has 1 saturated carbocycles. The van der Waals surface area contributed by atoms with Crippen LogP contribution in [0.25, 0.3) is 10.2 Å². The minimum absolute atomic E-state index is 0.0481. The van der Waals surface area contributed by atoms with E-state index in [0.29, 0.717) is 16.1 Å². The van der Waals surface area contributed by atoms with Crippen molar-refractivity contribution in [3.8, 4) is 0 Å². The second-order valence-corrected chi connectivity index (χ2v) is 10.2. The number of thiophene rings is 1. The van der Waals surface area contributed by atoms with Crippen LogP contribution in [-0.4, -0.2) is 26.9 Å². The summed E-state index contributed by atoms with van der Waals surface area (Å²) >= 11 is 1.60. The van der Waals surface area contributed by atoms with Gasteiger partial charge in [-0.05, 0) is 49.0 Å². The summed E-state index contributed by atoms with van der Waals surface area (Å²) in [6.45, 7) is 6.80. The van der Waals surface area contributed by atoms with Gasteiger partial charge in [0.05, 0.1) is 5.39 Å². The second kappa shape index (κ2) is 7.00. The maximum Gasteiger partial charge on any atom is 0.279 e. The van der Waals surface area contributed by atoms with E-state index in [1.807, 2.05) is 0 Å². The summed E-state index contributed by atoms with van der Waals surface area (Å²) < 4.78 is 1.23. The van der Waals surface area contributed by atoms with E-state index in [0.717, 1.165) is 50.5 Å². The summed E-state index contributed by atoms with van der Waals surface area (Å²) in [7, 11) is 0. The summed E-state index contributed by atoms with van der Waals surface area (Å²) in [6, 6.07) is 0.244. The van der Waals surface area contributed by atoms with E-state index in [4.69, 9.17) is 0 Å². The van der Waals surface area contributed by atoms with Gasteiger partial charge in [-0.3, -0.25) is 9.59 Å². The topological polar surface area (TPSA) is 76.9 Å². The summed E-state index contributed by atoms with van der Waals surface area (Å²) in [4.78, 5) is 27.3. The summed E-state index contributed by atoms with van der Waals surface area (Å²) in [5.74, 6) is 0.472. The molecule has 1 atom stereocenters. The number of nitrogens with one attached hydrogen (secondary N) is 1. The van der Waals surface area contributed by atoms with E-state index < -0.39 is 0 Å². The van der Waals surface area contributed by atoms with Gasteiger partial charge in [-0.2, -0.15) is 0 Å². The van der Waals surface area contributed by atoms with Gasteiger partial charge in [0, 0.05) is 10.9 Å². The largest absolute Gasteiger partial charge is 0.352 e. The van der Waals surface area contributed by atoms with Crippen molar-refractivity contribution in [2.75, 3.05) is 0 Å². The average molecular weight is 389 g/mol. The fraction of sp³-hybridized carbons (Fsp3) is 0.700. The van der Waals surface area contributed by atoms with Crippen molar-refractivity contribution in [2.45, 2.75) is 78.3 Å². The molecule has 2 aromatic rings. The van der Waals surface area contributed by atoms with Crippen LogP contribution < -0.4 is 10.9 Å². The van der Waals surface area contributed by atoms with Crippen molar-refractivity contribution in [3.63, 3.8) is 0 Å². The molecule has 2 aliphatic rings. The molecular formula is C20H28N4O2S. The standard InChI is InChI=1S/C20H28N4O2S/c1-20(2,3)12-8-9-14-15(10-12)27-18-17(14)19(26)24(23-22-18)11-16(25)21-13-6-4-5-7-13/h12-13H,4-11H2,1-3H3,(H,21,25). The summed E-state index contributed by atoms with van der Waals surface area (Å²) in [5, 5.41) is 12.0. The molecular weight excluding hydrogens is 360 g/mol. The highest BCUT2D eigenvalue weighted by Crippen LogP contribution is 2.41. The fourth-order valence-electron chi connectivity index (χ4n) is 4.45. The lowest BCUT2D eigenvalue weighted by atomic mass is 9.72. The Bertz CT molecular complexity index is 918. The lowest BCUT2D eigenvalue weighted by molar-refractivity contribution is -0.122. The molecule has 2 aromatic heterocycles. The maximum absolute atomic E-state index is 13.0. The van der Waals surface area contributed by atoms with Gasteiger partial charge in [0.1, 0.15) is 6.54 Å². The second-order valence-electron chi connectivity index (χ2n) is 9.09. The zero-order chi connectivity index (χ0) is 19.2. The predicted octanol–water partition coefficient (Wildman–Crippen LogP) is 3.06. The van der Waals surface area contributed by atoms with Crippen LogP contribution in [0.1, 0.15) is 63.3 Å². The maximum atomic E-state index is 13.0. The molecule has 1 fully saturated rings. The van der Waals surface area contributed by atoms with E-state index in [9.17, 15) is 9.59 Å².